The third-order valence-electron chi connectivity index (χ3n) is 1.90. The first-order valence-electron chi connectivity index (χ1n) is 5.35. The van der Waals surface area contributed by atoms with Gasteiger partial charge in [0.1, 0.15) is 5.75 Å². The molecule has 0 saturated heterocycles. The first kappa shape index (κ1) is 14.3. The molecule has 1 N–H and O–H groups in total. The Labute approximate surface area is 115 Å². The van der Waals surface area contributed by atoms with Gasteiger partial charge in [-0.3, -0.25) is 4.79 Å². The fraction of sp³-hybridized carbons (Fsp3) is 0.417. The molecule has 5 heteroatoms. The van der Waals surface area contributed by atoms with E-state index in [-0.39, 0.29) is 12.0 Å². The van der Waals surface area contributed by atoms with Crippen LogP contribution in [-0.2, 0) is 4.79 Å². The second-order valence-corrected chi connectivity index (χ2v) is 5.00. The lowest BCUT2D eigenvalue weighted by atomic mass is 10.3. The molecule has 1 aromatic rings. The van der Waals surface area contributed by atoms with E-state index in [1.165, 1.54) is 0 Å². The standard InChI is InChI=1S/C12H15BrClNO2/c1-8(2)17-11-4-3-9(7-10(11)14)15-12(16)5-6-13/h3-4,7-8H,5-6H2,1-2H3,(H,15,16). The van der Waals surface area contributed by atoms with E-state index >= 15 is 0 Å². The number of nitrogens with one attached hydrogen (secondary N) is 1. The highest BCUT2D eigenvalue weighted by Crippen LogP contribution is 2.28. The van der Waals surface area contributed by atoms with E-state index in [2.05, 4.69) is 21.2 Å². The van der Waals surface area contributed by atoms with Crippen LogP contribution in [0.5, 0.6) is 5.75 Å². The fourth-order valence-corrected chi connectivity index (χ4v) is 1.82. The van der Waals surface area contributed by atoms with Crippen LogP contribution in [0.2, 0.25) is 5.02 Å². The Morgan fingerprint density at radius 1 is 1.53 bits per heavy atom. The summed E-state index contributed by atoms with van der Waals surface area (Å²) in [7, 11) is 0. The van der Waals surface area contributed by atoms with Crippen molar-refractivity contribution in [2.24, 2.45) is 0 Å². The maximum absolute atomic E-state index is 11.4. The smallest absolute Gasteiger partial charge is 0.225 e. The van der Waals surface area contributed by atoms with Gasteiger partial charge in [0, 0.05) is 17.4 Å². The summed E-state index contributed by atoms with van der Waals surface area (Å²) in [5, 5.41) is 3.89. The van der Waals surface area contributed by atoms with E-state index in [0.29, 0.717) is 28.2 Å². The van der Waals surface area contributed by atoms with E-state index in [0.717, 1.165) is 0 Å². The summed E-state index contributed by atoms with van der Waals surface area (Å²) in [6.07, 6.45) is 0.503. The summed E-state index contributed by atoms with van der Waals surface area (Å²) < 4.78 is 5.50. The van der Waals surface area contributed by atoms with Crippen LogP contribution in [0.3, 0.4) is 0 Å². The summed E-state index contributed by atoms with van der Waals surface area (Å²) in [4.78, 5) is 11.4. The SMILES string of the molecule is CC(C)Oc1ccc(NC(=O)CCBr)cc1Cl. The summed E-state index contributed by atoms with van der Waals surface area (Å²) >= 11 is 9.26. The van der Waals surface area contributed by atoms with Crippen LogP contribution in [0.4, 0.5) is 5.69 Å². The number of carbonyl (C=O) groups excluding carboxylic acids is 1. The predicted molar refractivity (Wildman–Crippen MR) is 74.3 cm³/mol. The molecule has 0 spiro atoms. The van der Waals surface area contributed by atoms with Gasteiger partial charge in [0.05, 0.1) is 11.1 Å². The van der Waals surface area contributed by atoms with Gasteiger partial charge in [0.15, 0.2) is 0 Å². The molecule has 1 rings (SSSR count). The van der Waals surface area contributed by atoms with Crippen LogP contribution in [0.15, 0.2) is 18.2 Å². The molecule has 1 amide bonds. The molecule has 0 aliphatic rings. The van der Waals surface area contributed by atoms with E-state index in [4.69, 9.17) is 16.3 Å². The molecule has 0 aromatic heterocycles. The van der Waals surface area contributed by atoms with Gasteiger partial charge in [0.2, 0.25) is 5.91 Å². The van der Waals surface area contributed by atoms with Gasteiger partial charge in [-0.1, -0.05) is 27.5 Å². The number of ether oxygens (including phenoxy) is 1. The molecule has 0 aliphatic carbocycles. The number of carbonyl (C=O) groups is 1. The van der Waals surface area contributed by atoms with Crippen molar-refractivity contribution < 1.29 is 9.53 Å². The highest BCUT2D eigenvalue weighted by Gasteiger charge is 2.07. The third-order valence-corrected chi connectivity index (χ3v) is 2.59. The highest BCUT2D eigenvalue weighted by atomic mass is 79.9. The number of halogens is 2. The zero-order valence-electron chi connectivity index (χ0n) is 9.80. The number of hydrogen-bond donors (Lipinski definition) is 1. The van der Waals surface area contributed by atoms with Crippen molar-refractivity contribution in [3.63, 3.8) is 0 Å². The van der Waals surface area contributed by atoms with Crippen LogP contribution >= 0.6 is 27.5 Å². The summed E-state index contributed by atoms with van der Waals surface area (Å²) in [5.41, 5.74) is 0.678. The molecule has 0 unspecified atom stereocenters. The van der Waals surface area contributed by atoms with Crippen molar-refractivity contribution in [1.29, 1.82) is 0 Å². The lowest BCUT2D eigenvalue weighted by molar-refractivity contribution is -0.115. The quantitative estimate of drug-likeness (QED) is 0.837. The van der Waals surface area contributed by atoms with E-state index in [9.17, 15) is 4.79 Å². The van der Waals surface area contributed by atoms with Crippen molar-refractivity contribution in [2.45, 2.75) is 26.4 Å². The molecule has 0 aliphatic heterocycles. The topological polar surface area (TPSA) is 38.3 Å². The number of amides is 1. The maximum atomic E-state index is 11.4. The minimum atomic E-state index is -0.0459. The van der Waals surface area contributed by atoms with Gasteiger partial charge in [0.25, 0.3) is 0 Å². The normalized spacial score (nSPS) is 10.4. The Bertz CT molecular complexity index is 396. The van der Waals surface area contributed by atoms with Crippen molar-refractivity contribution in [2.75, 3.05) is 10.6 Å². The van der Waals surface area contributed by atoms with Crippen molar-refractivity contribution in [1.82, 2.24) is 0 Å². The molecule has 94 valence electrons. The molecule has 3 nitrogen and oxygen atoms in total. The summed E-state index contributed by atoms with van der Waals surface area (Å²) in [5.74, 6) is 0.579. The summed E-state index contributed by atoms with van der Waals surface area (Å²) in [6, 6.07) is 5.22. The summed E-state index contributed by atoms with van der Waals surface area (Å²) in [6.45, 7) is 3.87. The molecule has 1 aromatic carbocycles. The minimum absolute atomic E-state index is 0.0459. The first-order chi connectivity index (χ1) is 8.02. The van der Waals surface area contributed by atoms with Crippen molar-refractivity contribution in [3.05, 3.63) is 23.2 Å². The van der Waals surface area contributed by atoms with Crippen molar-refractivity contribution in [3.8, 4) is 5.75 Å². The molecular weight excluding hydrogens is 305 g/mol. The monoisotopic (exact) mass is 319 g/mol. The van der Waals surface area contributed by atoms with Crippen LogP contribution < -0.4 is 10.1 Å². The lowest BCUT2D eigenvalue weighted by Gasteiger charge is -2.12. The number of anilines is 1. The molecule has 0 saturated carbocycles. The minimum Gasteiger partial charge on any atom is -0.489 e. The predicted octanol–water partition coefficient (Wildman–Crippen LogP) is 3.85. The number of hydrogen-bond acceptors (Lipinski definition) is 2. The Kier molecular flexibility index (Phi) is 5.78. The number of rotatable bonds is 5. The average molecular weight is 321 g/mol. The fourth-order valence-electron chi connectivity index (χ4n) is 1.24. The van der Waals surface area contributed by atoms with Crippen LogP contribution in [-0.4, -0.2) is 17.3 Å². The van der Waals surface area contributed by atoms with Gasteiger partial charge in [-0.2, -0.15) is 0 Å². The van der Waals surface area contributed by atoms with Crippen molar-refractivity contribution >= 4 is 39.1 Å². The lowest BCUT2D eigenvalue weighted by Crippen LogP contribution is -2.11. The Morgan fingerprint density at radius 3 is 2.76 bits per heavy atom. The second kappa shape index (κ2) is 6.87. The molecule has 0 bridgehead atoms. The molecule has 0 fully saturated rings. The molecule has 0 atom stereocenters. The van der Waals surface area contributed by atoms with E-state index < -0.39 is 0 Å². The van der Waals surface area contributed by atoms with Gasteiger partial charge in [-0.15, -0.1) is 0 Å². The Balaban J connectivity index is 2.71. The first-order valence-corrected chi connectivity index (χ1v) is 6.85. The molecule has 0 radical (unpaired) electrons. The molecular formula is C12H15BrClNO2. The van der Waals surface area contributed by atoms with E-state index in [1.807, 2.05) is 13.8 Å². The zero-order chi connectivity index (χ0) is 12.8. The number of benzene rings is 1. The van der Waals surface area contributed by atoms with Gasteiger partial charge in [-0.25, -0.2) is 0 Å². The Morgan fingerprint density at radius 2 is 2.24 bits per heavy atom. The average Bonchev–Trinajstić information content (AvgIpc) is 2.22. The molecule has 17 heavy (non-hydrogen) atoms. The van der Waals surface area contributed by atoms with Crippen LogP contribution in [0.25, 0.3) is 0 Å². The van der Waals surface area contributed by atoms with Gasteiger partial charge in [-0.05, 0) is 32.0 Å². The van der Waals surface area contributed by atoms with Crippen LogP contribution in [0.1, 0.15) is 20.3 Å². The zero-order valence-corrected chi connectivity index (χ0v) is 12.1. The van der Waals surface area contributed by atoms with Gasteiger partial charge < -0.3 is 10.1 Å². The molecule has 0 heterocycles. The highest BCUT2D eigenvalue weighted by molar-refractivity contribution is 9.09. The largest absolute Gasteiger partial charge is 0.489 e. The Hall–Kier alpha value is -0.740. The maximum Gasteiger partial charge on any atom is 0.225 e. The van der Waals surface area contributed by atoms with E-state index in [1.54, 1.807) is 18.2 Å². The van der Waals surface area contributed by atoms with Crippen LogP contribution in [0, 0.1) is 0 Å². The number of alkyl halides is 1. The second-order valence-electron chi connectivity index (χ2n) is 3.80. The third kappa shape index (κ3) is 4.96. The van der Waals surface area contributed by atoms with Gasteiger partial charge >= 0.3 is 0 Å².